The number of aliphatic imine (C=N–C) groups is 2. The first-order chi connectivity index (χ1) is 16.9. The minimum absolute atomic E-state index is 0.0287. The number of nitrogens with zero attached hydrogens (tertiary/aromatic N) is 2. The zero-order valence-corrected chi connectivity index (χ0v) is 20.5. The number of carbonyl (C=O) groups is 2. The lowest BCUT2D eigenvalue weighted by molar-refractivity contribution is -0.116. The molecular formula is C27H36N6O2. The Balaban J connectivity index is 1.84. The molecule has 0 aromatic heterocycles. The molecule has 186 valence electrons. The van der Waals surface area contributed by atoms with Crippen LogP contribution in [0.3, 0.4) is 0 Å². The van der Waals surface area contributed by atoms with Crippen LogP contribution in [0.15, 0.2) is 59.4 Å². The molecule has 2 amide bonds. The maximum atomic E-state index is 12.6. The third-order valence-corrected chi connectivity index (χ3v) is 6.26. The molecule has 2 aliphatic rings. The second-order valence-corrected chi connectivity index (χ2v) is 9.12. The number of rotatable bonds is 15. The van der Waals surface area contributed by atoms with Crippen LogP contribution < -0.4 is 21.3 Å². The SMILES string of the molecule is C=CNC/C(=C(\N=C/N=C)NC1(CCCNC(=O)C=C)CC1)c1ccc(C(=O)NC2CC2)c(C)c1. The second-order valence-electron chi connectivity index (χ2n) is 9.12. The number of hydrogen-bond acceptors (Lipinski definition) is 5. The molecule has 0 spiro atoms. The van der Waals surface area contributed by atoms with E-state index in [-0.39, 0.29) is 17.4 Å². The van der Waals surface area contributed by atoms with Gasteiger partial charge in [0, 0.05) is 35.8 Å². The number of carbonyl (C=O) groups excluding carboxylic acids is 2. The molecule has 2 aliphatic carbocycles. The molecule has 4 N–H and O–H groups in total. The quantitative estimate of drug-likeness (QED) is 0.135. The minimum atomic E-state index is -0.160. The molecule has 3 rings (SSSR count). The summed E-state index contributed by atoms with van der Waals surface area (Å²) in [6, 6.07) is 6.16. The predicted molar refractivity (Wildman–Crippen MR) is 142 cm³/mol. The lowest BCUT2D eigenvalue weighted by atomic mass is 9.98. The summed E-state index contributed by atoms with van der Waals surface area (Å²) in [6.07, 6.45) is 10.2. The van der Waals surface area contributed by atoms with Crippen LogP contribution in [0.5, 0.6) is 0 Å². The Morgan fingerprint density at radius 3 is 2.60 bits per heavy atom. The fourth-order valence-corrected chi connectivity index (χ4v) is 3.93. The average molecular weight is 477 g/mol. The molecule has 0 radical (unpaired) electrons. The Kier molecular flexibility index (Phi) is 9.00. The van der Waals surface area contributed by atoms with Gasteiger partial charge < -0.3 is 21.3 Å². The van der Waals surface area contributed by atoms with Gasteiger partial charge in [0.2, 0.25) is 5.91 Å². The molecule has 8 heteroatoms. The van der Waals surface area contributed by atoms with Crippen LogP contribution in [0.25, 0.3) is 5.57 Å². The van der Waals surface area contributed by atoms with Crippen molar-refractivity contribution in [2.24, 2.45) is 9.98 Å². The second kappa shape index (κ2) is 12.1. The first kappa shape index (κ1) is 25.9. The van der Waals surface area contributed by atoms with Crippen LogP contribution in [-0.4, -0.2) is 49.5 Å². The number of aryl methyl sites for hydroxylation is 1. The van der Waals surface area contributed by atoms with Gasteiger partial charge >= 0.3 is 0 Å². The lowest BCUT2D eigenvalue weighted by Gasteiger charge is -2.22. The van der Waals surface area contributed by atoms with Crippen molar-refractivity contribution in [1.29, 1.82) is 0 Å². The molecule has 2 fully saturated rings. The highest BCUT2D eigenvalue weighted by atomic mass is 16.2. The van der Waals surface area contributed by atoms with Crippen LogP contribution in [0.2, 0.25) is 0 Å². The summed E-state index contributed by atoms with van der Waals surface area (Å²) in [6.45, 7) is 13.8. The first-order valence-corrected chi connectivity index (χ1v) is 12.1. The normalized spacial score (nSPS) is 16.6. The van der Waals surface area contributed by atoms with Gasteiger partial charge in [0.15, 0.2) is 0 Å². The van der Waals surface area contributed by atoms with Gasteiger partial charge in [-0.1, -0.05) is 25.3 Å². The Morgan fingerprint density at radius 1 is 1.23 bits per heavy atom. The van der Waals surface area contributed by atoms with Crippen LogP contribution in [0, 0.1) is 6.92 Å². The van der Waals surface area contributed by atoms with Gasteiger partial charge in [-0.05, 0) is 81.6 Å². The summed E-state index contributed by atoms with van der Waals surface area (Å²) in [5, 5.41) is 12.7. The molecule has 35 heavy (non-hydrogen) atoms. The van der Waals surface area contributed by atoms with Gasteiger partial charge in [-0.25, -0.2) is 4.99 Å². The third kappa shape index (κ3) is 7.67. The van der Waals surface area contributed by atoms with E-state index in [1.807, 2.05) is 25.1 Å². The average Bonchev–Trinajstić information content (AvgIpc) is 3.78. The van der Waals surface area contributed by atoms with Crippen LogP contribution in [0.4, 0.5) is 0 Å². The number of hydrogen-bond donors (Lipinski definition) is 4. The van der Waals surface area contributed by atoms with E-state index in [0.717, 1.165) is 55.2 Å². The standard InChI is InChI=1S/C27H36N6O2/c1-5-24(34)30-15-7-12-27(13-14-27)33-25(31-18-28-4)23(17-29-6-2)20-8-11-22(19(3)16-20)26(35)32-21-9-10-21/h5-6,8,11,16,18,21,29,33H,1-2,4,7,9-10,12-15,17H2,3H3,(H,30,34)(H,32,35)/b25-23-,31-18-. The van der Waals surface area contributed by atoms with Crippen molar-refractivity contribution in [1.82, 2.24) is 21.3 Å². The highest BCUT2D eigenvalue weighted by Gasteiger charge is 2.42. The molecule has 8 nitrogen and oxygen atoms in total. The van der Waals surface area contributed by atoms with E-state index in [2.05, 4.69) is 51.1 Å². The molecule has 0 heterocycles. The van der Waals surface area contributed by atoms with Gasteiger partial charge in [0.25, 0.3) is 5.91 Å². The van der Waals surface area contributed by atoms with E-state index in [1.165, 1.54) is 12.4 Å². The number of nitrogens with one attached hydrogen (secondary N) is 4. The van der Waals surface area contributed by atoms with E-state index in [0.29, 0.717) is 30.5 Å². The minimum Gasteiger partial charge on any atom is -0.387 e. The topological polar surface area (TPSA) is 107 Å². The highest BCUT2D eigenvalue weighted by molar-refractivity contribution is 5.96. The molecule has 2 saturated carbocycles. The smallest absolute Gasteiger partial charge is 0.251 e. The summed E-state index contributed by atoms with van der Waals surface area (Å²) >= 11 is 0. The van der Waals surface area contributed by atoms with Crippen molar-refractivity contribution in [2.45, 2.75) is 57.0 Å². The van der Waals surface area contributed by atoms with Crippen molar-refractivity contribution in [3.8, 4) is 0 Å². The molecule has 1 aromatic rings. The molecule has 1 aromatic carbocycles. The zero-order chi connectivity index (χ0) is 25.3. The Morgan fingerprint density at radius 2 is 2.00 bits per heavy atom. The zero-order valence-electron chi connectivity index (χ0n) is 20.5. The summed E-state index contributed by atoms with van der Waals surface area (Å²) in [4.78, 5) is 32.4. The monoisotopic (exact) mass is 476 g/mol. The molecule has 0 aliphatic heterocycles. The first-order valence-electron chi connectivity index (χ1n) is 12.1. The van der Waals surface area contributed by atoms with Crippen LogP contribution in [-0.2, 0) is 4.79 Å². The largest absolute Gasteiger partial charge is 0.387 e. The summed E-state index contributed by atoms with van der Waals surface area (Å²) < 4.78 is 0. The fraction of sp³-hybridized carbons (Fsp3) is 0.407. The molecular weight excluding hydrogens is 440 g/mol. The van der Waals surface area contributed by atoms with Crippen molar-refractivity contribution >= 4 is 30.4 Å². The Bertz CT molecular complexity index is 1030. The Hall–Kier alpha value is -3.68. The van der Waals surface area contributed by atoms with Crippen LogP contribution in [0.1, 0.15) is 60.0 Å². The van der Waals surface area contributed by atoms with Crippen molar-refractivity contribution < 1.29 is 9.59 Å². The maximum Gasteiger partial charge on any atom is 0.251 e. The summed E-state index contributed by atoms with van der Waals surface area (Å²) in [5.74, 6) is 0.514. The van der Waals surface area contributed by atoms with Gasteiger partial charge in [-0.15, -0.1) is 0 Å². The highest BCUT2D eigenvalue weighted by Crippen LogP contribution is 2.41. The number of amides is 2. The Labute approximate surface area is 207 Å². The predicted octanol–water partition coefficient (Wildman–Crippen LogP) is 3.22. The van der Waals surface area contributed by atoms with Crippen molar-refractivity contribution in [3.05, 3.63) is 66.1 Å². The number of benzene rings is 1. The van der Waals surface area contributed by atoms with Gasteiger partial charge in [-0.3, -0.25) is 14.6 Å². The van der Waals surface area contributed by atoms with Gasteiger partial charge in [0.1, 0.15) is 12.2 Å². The van der Waals surface area contributed by atoms with Crippen molar-refractivity contribution in [3.63, 3.8) is 0 Å². The van der Waals surface area contributed by atoms with E-state index >= 15 is 0 Å². The van der Waals surface area contributed by atoms with Crippen LogP contribution >= 0.6 is 0 Å². The van der Waals surface area contributed by atoms with E-state index < -0.39 is 0 Å². The van der Waals surface area contributed by atoms with E-state index in [1.54, 1.807) is 6.20 Å². The van der Waals surface area contributed by atoms with Gasteiger partial charge in [0.05, 0.1) is 0 Å². The van der Waals surface area contributed by atoms with E-state index in [9.17, 15) is 9.59 Å². The van der Waals surface area contributed by atoms with Crippen molar-refractivity contribution in [2.75, 3.05) is 13.1 Å². The summed E-state index contributed by atoms with van der Waals surface area (Å²) in [7, 11) is 0. The maximum absolute atomic E-state index is 12.6. The fourth-order valence-electron chi connectivity index (χ4n) is 3.93. The van der Waals surface area contributed by atoms with E-state index in [4.69, 9.17) is 0 Å². The molecule has 0 saturated heterocycles. The molecule has 0 atom stereocenters. The molecule has 0 bridgehead atoms. The summed E-state index contributed by atoms with van der Waals surface area (Å²) in [5.41, 5.74) is 3.40. The lowest BCUT2D eigenvalue weighted by Crippen LogP contribution is -2.33. The van der Waals surface area contributed by atoms with Gasteiger partial charge in [-0.2, -0.15) is 0 Å². The third-order valence-electron chi connectivity index (χ3n) is 6.26. The molecule has 0 unspecified atom stereocenters.